The molecule has 0 spiro atoms. The Morgan fingerprint density at radius 2 is 1.95 bits per heavy atom. The number of hydrogen-bond acceptors (Lipinski definition) is 4. The second-order valence-electron chi connectivity index (χ2n) is 5.25. The summed E-state index contributed by atoms with van der Waals surface area (Å²) in [4.78, 5) is 11.7. The summed E-state index contributed by atoms with van der Waals surface area (Å²) < 4.78 is 26.1. The standard InChI is InChI=1S/C14H21NO4S/c1-5-13(17)11-7-6-8-12(9-11)20(18,19)15(4)14(2,3)10-16/h6-9,16H,5,10H2,1-4H3. The van der Waals surface area contributed by atoms with Gasteiger partial charge >= 0.3 is 0 Å². The van der Waals surface area contributed by atoms with Gasteiger partial charge in [-0.3, -0.25) is 4.79 Å². The number of carbonyl (C=O) groups excluding carboxylic acids is 1. The summed E-state index contributed by atoms with van der Waals surface area (Å²) in [5.41, 5.74) is -0.535. The van der Waals surface area contributed by atoms with Crippen molar-refractivity contribution in [3.63, 3.8) is 0 Å². The predicted molar refractivity (Wildman–Crippen MR) is 77.2 cm³/mol. The molecule has 0 aliphatic heterocycles. The molecular formula is C14H21NO4S. The van der Waals surface area contributed by atoms with Crippen LogP contribution < -0.4 is 0 Å². The monoisotopic (exact) mass is 299 g/mol. The average Bonchev–Trinajstić information content (AvgIpc) is 2.45. The van der Waals surface area contributed by atoms with Gasteiger partial charge < -0.3 is 5.11 Å². The second-order valence-corrected chi connectivity index (χ2v) is 7.22. The summed E-state index contributed by atoms with van der Waals surface area (Å²) in [6, 6.07) is 5.98. The van der Waals surface area contributed by atoms with Crippen molar-refractivity contribution in [1.82, 2.24) is 4.31 Å². The van der Waals surface area contributed by atoms with E-state index in [1.807, 2.05) is 0 Å². The molecule has 0 aromatic heterocycles. The van der Waals surface area contributed by atoms with E-state index in [0.29, 0.717) is 12.0 Å². The van der Waals surface area contributed by atoms with Gasteiger partial charge in [-0.05, 0) is 26.0 Å². The Balaban J connectivity index is 3.26. The van der Waals surface area contributed by atoms with Crippen LogP contribution in [0.4, 0.5) is 0 Å². The van der Waals surface area contributed by atoms with E-state index in [4.69, 9.17) is 0 Å². The zero-order chi connectivity index (χ0) is 15.6. The van der Waals surface area contributed by atoms with Crippen LogP contribution in [0.3, 0.4) is 0 Å². The number of benzene rings is 1. The van der Waals surface area contributed by atoms with Gasteiger partial charge in [0.05, 0.1) is 17.0 Å². The molecule has 0 heterocycles. The quantitative estimate of drug-likeness (QED) is 0.811. The Kier molecular flexibility index (Phi) is 5.07. The highest BCUT2D eigenvalue weighted by Crippen LogP contribution is 2.23. The molecule has 0 aliphatic rings. The first-order valence-electron chi connectivity index (χ1n) is 6.40. The van der Waals surface area contributed by atoms with Crippen LogP contribution in [0.25, 0.3) is 0 Å². The normalized spacial score (nSPS) is 12.7. The first kappa shape index (κ1) is 16.8. The Morgan fingerprint density at radius 1 is 1.35 bits per heavy atom. The molecule has 0 atom stereocenters. The summed E-state index contributed by atoms with van der Waals surface area (Å²) in [6.07, 6.45) is 0.321. The summed E-state index contributed by atoms with van der Waals surface area (Å²) in [5, 5.41) is 9.30. The fourth-order valence-corrected chi connectivity index (χ4v) is 3.17. The summed E-state index contributed by atoms with van der Waals surface area (Å²) >= 11 is 0. The molecule has 6 heteroatoms. The van der Waals surface area contributed by atoms with Gasteiger partial charge in [0.15, 0.2) is 5.78 Å². The zero-order valence-electron chi connectivity index (χ0n) is 12.3. The number of nitrogens with zero attached hydrogens (tertiary/aromatic N) is 1. The molecule has 0 radical (unpaired) electrons. The van der Waals surface area contributed by atoms with Gasteiger partial charge in [0, 0.05) is 19.0 Å². The number of sulfonamides is 1. The van der Waals surface area contributed by atoms with Crippen molar-refractivity contribution >= 4 is 15.8 Å². The lowest BCUT2D eigenvalue weighted by molar-refractivity contribution is 0.0988. The fraction of sp³-hybridized carbons (Fsp3) is 0.500. The Hall–Kier alpha value is -1.24. The van der Waals surface area contributed by atoms with Crippen LogP contribution >= 0.6 is 0 Å². The summed E-state index contributed by atoms with van der Waals surface area (Å²) in [5.74, 6) is -0.105. The Bertz CT molecular complexity index is 593. The minimum absolute atomic E-state index is 0.0563. The third kappa shape index (κ3) is 3.26. The van der Waals surface area contributed by atoms with E-state index in [0.717, 1.165) is 4.31 Å². The van der Waals surface area contributed by atoms with Crippen molar-refractivity contribution in [3.8, 4) is 0 Å². The van der Waals surface area contributed by atoms with E-state index < -0.39 is 15.6 Å². The lowest BCUT2D eigenvalue weighted by Gasteiger charge is -2.32. The van der Waals surface area contributed by atoms with E-state index in [9.17, 15) is 18.3 Å². The molecule has 0 aliphatic carbocycles. The van der Waals surface area contributed by atoms with Crippen molar-refractivity contribution in [3.05, 3.63) is 29.8 Å². The lowest BCUT2D eigenvalue weighted by Crippen LogP contribution is -2.47. The molecule has 0 unspecified atom stereocenters. The molecule has 1 aromatic rings. The average molecular weight is 299 g/mol. The third-order valence-corrected chi connectivity index (χ3v) is 5.44. The molecule has 5 nitrogen and oxygen atoms in total. The van der Waals surface area contributed by atoms with Gasteiger partial charge in [-0.15, -0.1) is 0 Å². The van der Waals surface area contributed by atoms with Crippen LogP contribution in [0.2, 0.25) is 0 Å². The first-order chi connectivity index (χ1) is 9.16. The van der Waals surface area contributed by atoms with Crippen LogP contribution in [-0.2, 0) is 10.0 Å². The van der Waals surface area contributed by atoms with Gasteiger partial charge in [-0.25, -0.2) is 8.42 Å². The predicted octanol–water partition coefficient (Wildman–Crippen LogP) is 1.67. The lowest BCUT2D eigenvalue weighted by atomic mass is 10.1. The zero-order valence-corrected chi connectivity index (χ0v) is 13.1. The minimum atomic E-state index is -3.75. The summed E-state index contributed by atoms with van der Waals surface area (Å²) in [6.45, 7) is 4.69. The smallest absolute Gasteiger partial charge is 0.243 e. The molecule has 20 heavy (non-hydrogen) atoms. The number of Topliss-reactive ketones (excluding diaryl/α,β-unsaturated/α-hetero) is 1. The van der Waals surface area contributed by atoms with Gasteiger partial charge in [0.25, 0.3) is 0 Å². The fourth-order valence-electron chi connectivity index (χ4n) is 1.62. The van der Waals surface area contributed by atoms with Crippen LogP contribution in [0.5, 0.6) is 0 Å². The number of likely N-dealkylation sites (N-methyl/N-ethyl adjacent to an activating group) is 1. The number of aliphatic hydroxyl groups excluding tert-OH is 1. The van der Waals surface area contributed by atoms with Crippen molar-refractivity contribution in [2.24, 2.45) is 0 Å². The molecule has 0 fully saturated rings. The maximum absolute atomic E-state index is 12.5. The maximum Gasteiger partial charge on any atom is 0.243 e. The molecule has 0 saturated carbocycles. The van der Waals surface area contributed by atoms with Crippen molar-refractivity contribution in [2.45, 2.75) is 37.6 Å². The minimum Gasteiger partial charge on any atom is -0.394 e. The summed E-state index contributed by atoms with van der Waals surface area (Å²) in [7, 11) is -2.34. The van der Waals surface area contributed by atoms with Crippen LogP contribution in [-0.4, -0.2) is 42.8 Å². The first-order valence-corrected chi connectivity index (χ1v) is 7.84. The molecular weight excluding hydrogens is 278 g/mol. The van der Waals surface area contributed by atoms with Crippen LogP contribution in [0, 0.1) is 0 Å². The number of ketones is 1. The van der Waals surface area contributed by atoms with Crippen LogP contribution in [0.1, 0.15) is 37.6 Å². The van der Waals surface area contributed by atoms with Gasteiger partial charge in [0.1, 0.15) is 0 Å². The number of hydrogen-bond donors (Lipinski definition) is 1. The van der Waals surface area contributed by atoms with Crippen molar-refractivity contribution in [2.75, 3.05) is 13.7 Å². The van der Waals surface area contributed by atoms with E-state index >= 15 is 0 Å². The van der Waals surface area contributed by atoms with Gasteiger partial charge in [0.2, 0.25) is 10.0 Å². The third-order valence-electron chi connectivity index (χ3n) is 3.37. The molecule has 0 amide bonds. The van der Waals surface area contributed by atoms with E-state index in [2.05, 4.69) is 0 Å². The van der Waals surface area contributed by atoms with E-state index in [1.165, 1.54) is 19.2 Å². The highest BCUT2D eigenvalue weighted by atomic mass is 32.2. The highest BCUT2D eigenvalue weighted by molar-refractivity contribution is 7.89. The van der Waals surface area contributed by atoms with Crippen molar-refractivity contribution < 1.29 is 18.3 Å². The molecule has 1 aromatic carbocycles. The highest BCUT2D eigenvalue weighted by Gasteiger charge is 2.33. The Labute approximate surface area is 120 Å². The number of carbonyl (C=O) groups is 1. The molecule has 1 N–H and O–H groups in total. The molecule has 112 valence electrons. The van der Waals surface area contributed by atoms with Crippen LogP contribution in [0.15, 0.2) is 29.2 Å². The topological polar surface area (TPSA) is 74.7 Å². The number of aliphatic hydroxyl groups is 1. The SMILES string of the molecule is CCC(=O)c1cccc(S(=O)(=O)N(C)C(C)(C)CO)c1. The van der Waals surface area contributed by atoms with Gasteiger partial charge in [-0.2, -0.15) is 4.31 Å². The largest absolute Gasteiger partial charge is 0.394 e. The Morgan fingerprint density at radius 3 is 2.45 bits per heavy atom. The molecule has 0 bridgehead atoms. The van der Waals surface area contributed by atoms with E-state index in [1.54, 1.807) is 32.9 Å². The molecule has 0 saturated heterocycles. The second kappa shape index (κ2) is 6.03. The maximum atomic E-state index is 12.5. The number of rotatable bonds is 6. The van der Waals surface area contributed by atoms with Gasteiger partial charge in [-0.1, -0.05) is 19.1 Å². The molecule has 1 rings (SSSR count). The van der Waals surface area contributed by atoms with Crippen molar-refractivity contribution in [1.29, 1.82) is 0 Å². The van der Waals surface area contributed by atoms with E-state index in [-0.39, 0.29) is 17.3 Å².